The molecule has 2 atom stereocenters. The molecule has 10 heteroatoms. The minimum atomic E-state index is -0.689. The molecule has 5 rings (SSSR count). The van der Waals surface area contributed by atoms with Gasteiger partial charge < -0.3 is 30.5 Å². The Labute approximate surface area is 200 Å². The van der Waals surface area contributed by atoms with Crippen molar-refractivity contribution in [2.75, 3.05) is 32.7 Å². The normalized spacial score (nSPS) is 29.9. The van der Waals surface area contributed by atoms with Gasteiger partial charge in [0.05, 0.1) is 31.1 Å². The largest absolute Gasteiger partial charge is 0.453 e. The molecule has 34 heavy (non-hydrogen) atoms. The number of methoxy groups -OCH3 is 2. The van der Waals surface area contributed by atoms with Gasteiger partial charge in [-0.3, -0.25) is 4.79 Å². The Morgan fingerprint density at radius 1 is 1.26 bits per heavy atom. The van der Waals surface area contributed by atoms with Crippen LogP contribution in [0.25, 0.3) is 6.20 Å². The number of hydrogen-bond acceptors (Lipinski definition) is 7. The topological polar surface area (TPSA) is 127 Å². The summed E-state index contributed by atoms with van der Waals surface area (Å²) in [5.41, 5.74) is -0.774. The van der Waals surface area contributed by atoms with Crippen LogP contribution in [0.4, 0.5) is 10.6 Å². The predicted octanol–water partition coefficient (Wildman–Crippen LogP) is 2.22. The lowest BCUT2D eigenvalue weighted by Crippen LogP contribution is -2.61. The number of nitrogens with one attached hydrogen (secondary N) is 3. The van der Waals surface area contributed by atoms with Gasteiger partial charge in [0.15, 0.2) is 0 Å². The standard InChI is InChI=1S/C24H37N5O5/c1-23(2,28-22(31)34-4)5-7-29-20(25-6-8-33-3)18(14-26-29)21(30)27-19-16-9-15-10-17(19)13-24(32,11-15)12-16/h5,7,14-17,19,25,32H,6,8-13H2,1-4H3,(H,27,30)(H,28,31). The molecule has 4 saturated carbocycles. The fourth-order valence-corrected chi connectivity index (χ4v) is 6.15. The number of nitrogens with zero attached hydrogens (tertiary/aromatic N) is 2. The molecule has 4 aliphatic rings. The Balaban J connectivity index is 1.51. The lowest BCUT2D eigenvalue weighted by Gasteiger charge is -2.58. The highest BCUT2D eigenvalue weighted by Crippen LogP contribution is 2.55. The molecule has 1 aromatic heterocycles. The zero-order valence-electron chi connectivity index (χ0n) is 20.5. The number of hydrogen-bond donors (Lipinski definition) is 4. The second-order valence-electron chi connectivity index (χ2n) is 10.6. The van der Waals surface area contributed by atoms with Crippen LogP contribution in [0.2, 0.25) is 0 Å². The first-order valence-electron chi connectivity index (χ1n) is 12.0. The number of rotatable bonds is 9. The van der Waals surface area contributed by atoms with Crippen LogP contribution < -0.4 is 16.0 Å². The van der Waals surface area contributed by atoms with E-state index in [9.17, 15) is 14.7 Å². The van der Waals surface area contributed by atoms with Crippen LogP contribution in [0.1, 0.15) is 56.3 Å². The summed E-state index contributed by atoms with van der Waals surface area (Å²) in [4.78, 5) is 25.0. The summed E-state index contributed by atoms with van der Waals surface area (Å²) >= 11 is 0. The van der Waals surface area contributed by atoms with Gasteiger partial charge in [-0.1, -0.05) is 0 Å². The lowest BCUT2D eigenvalue weighted by molar-refractivity contribution is -0.136. The Hall–Kier alpha value is -2.59. The van der Waals surface area contributed by atoms with Crippen molar-refractivity contribution in [3.8, 4) is 0 Å². The van der Waals surface area contributed by atoms with Crippen molar-refractivity contribution in [3.05, 3.63) is 17.8 Å². The molecule has 0 radical (unpaired) electrons. The van der Waals surface area contributed by atoms with Gasteiger partial charge >= 0.3 is 6.09 Å². The maximum atomic E-state index is 13.4. The first-order valence-corrected chi connectivity index (χ1v) is 12.0. The molecule has 2 amide bonds. The van der Waals surface area contributed by atoms with Crippen molar-refractivity contribution >= 4 is 24.0 Å². The SMILES string of the molecule is COCCNc1c(C(=O)NC2C3CC4CC2CC(O)(C4)C3)cnn1C=CC(C)(C)NC(=O)OC. The minimum absolute atomic E-state index is 0.0817. The van der Waals surface area contributed by atoms with Crippen molar-refractivity contribution in [3.63, 3.8) is 0 Å². The zero-order valence-corrected chi connectivity index (χ0v) is 20.5. The van der Waals surface area contributed by atoms with Crippen LogP contribution in [0, 0.1) is 17.8 Å². The quantitative estimate of drug-likeness (QED) is 0.403. The molecule has 188 valence electrons. The predicted molar refractivity (Wildman–Crippen MR) is 127 cm³/mol. The Morgan fingerprint density at radius 2 is 1.97 bits per heavy atom. The van der Waals surface area contributed by atoms with Crippen molar-refractivity contribution in [2.24, 2.45) is 17.8 Å². The van der Waals surface area contributed by atoms with E-state index in [-0.39, 0.29) is 11.9 Å². The van der Waals surface area contributed by atoms with Gasteiger partial charge in [-0.05, 0) is 69.8 Å². The lowest BCUT2D eigenvalue weighted by atomic mass is 9.52. The molecular weight excluding hydrogens is 438 g/mol. The van der Waals surface area contributed by atoms with E-state index in [2.05, 4.69) is 25.8 Å². The van der Waals surface area contributed by atoms with Crippen LogP contribution >= 0.6 is 0 Å². The van der Waals surface area contributed by atoms with Gasteiger partial charge in [-0.25, -0.2) is 9.48 Å². The Bertz CT molecular complexity index is 926. The van der Waals surface area contributed by atoms with Crippen LogP contribution in [-0.2, 0) is 9.47 Å². The summed E-state index contributed by atoms with van der Waals surface area (Å²) in [6, 6.07) is 0.0817. The van der Waals surface area contributed by atoms with E-state index >= 15 is 0 Å². The molecule has 4 fully saturated rings. The van der Waals surface area contributed by atoms with E-state index in [0.717, 1.165) is 32.1 Å². The molecule has 0 aliphatic heterocycles. The highest BCUT2D eigenvalue weighted by atomic mass is 16.5. The number of aromatic nitrogens is 2. The van der Waals surface area contributed by atoms with Gasteiger partial charge in [0.2, 0.25) is 0 Å². The van der Waals surface area contributed by atoms with Gasteiger partial charge in [0.1, 0.15) is 11.4 Å². The molecule has 0 spiro atoms. The highest BCUT2D eigenvalue weighted by Gasteiger charge is 2.55. The summed E-state index contributed by atoms with van der Waals surface area (Å²) < 4.78 is 11.4. The first kappa shape index (κ1) is 24.5. The Morgan fingerprint density at radius 3 is 2.59 bits per heavy atom. The monoisotopic (exact) mass is 475 g/mol. The smallest absolute Gasteiger partial charge is 0.407 e. The maximum absolute atomic E-state index is 13.4. The molecule has 4 bridgehead atoms. The third-order valence-electron chi connectivity index (χ3n) is 7.42. The molecule has 2 unspecified atom stereocenters. The van der Waals surface area contributed by atoms with E-state index < -0.39 is 17.2 Å². The number of carbonyl (C=O) groups excluding carboxylic acids is 2. The fraction of sp³-hybridized carbons (Fsp3) is 0.708. The molecule has 1 aromatic rings. The Kier molecular flexibility index (Phi) is 6.91. The maximum Gasteiger partial charge on any atom is 0.407 e. The molecule has 4 N–H and O–H groups in total. The molecule has 4 aliphatic carbocycles. The average Bonchev–Trinajstić information content (AvgIpc) is 3.16. The van der Waals surface area contributed by atoms with E-state index in [1.165, 1.54) is 7.11 Å². The second-order valence-corrected chi connectivity index (χ2v) is 10.6. The van der Waals surface area contributed by atoms with Crippen LogP contribution in [-0.4, -0.2) is 71.4 Å². The average molecular weight is 476 g/mol. The van der Waals surface area contributed by atoms with Gasteiger partial charge in [0, 0.05) is 25.9 Å². The van der Waals surface area contributed by atoms with Gasteiger partial charge in [-0.2, -0.15) is 5.10 Å². The van der Waals surface area contributed by atoms with Crippen molar-refractivity contribution in [1.82, 2.24) is 20.4 Å². The summed E-state index contributed by atoms with van der Waals surface area (Å²) in [5.74, 6) is 1.62. The molecular formula is C24H37N5O5. The summed E-state index contributed by atoms with van der Waals surface area (Å²) in [5, 5.41) is 24.5. The number of ether oxygens (including phenoxy) is 2. The van der Waals surface area contributed by atoms with Crippen molar-refractivity contribution in [1.29, 1.82) is 0 Å². The summed E-state index contributed by atoms with van der Waals surface area (Å²) in [7, 11) is 2.93. The summed E-state index contributed by atoms with van der Waals surface area (Å²) in [6.45, 7) is 4.63. The van der Waals surface area contributed by atoms with E-state index in [1.54, 1.807) is 30.3 Å². The number of aliphatic hydroxyl groups is 1. The molecule has 0 aromatic carbocycles. The number of carbonyl (C=O) groups is 2. The van der Waals surface area contributed by atoms with Gasteiger partial charge in [0.25, 0.3) is 5.91 Å². The summed E-state index contributed by atoms with van der Waals surface area (Å²) in [6.07, 6.45) is 9.11. The highest BCUT2D eigenvalue weighted by molar-refractivity contribution is 5.99. The number of anilines is 1. The first-order chi connectivity index (χ1) is 16.1. The molecule has 1 heterocycles. The zero-order chi connectivity index (χ0) is 24.5. The van der Waals surface area contributed by atoms with Crippen LogP contribution in [0.15, 0.2) is 12.3 Å². The van der Waals surface area contributed by atoms with E-state index in [1.807, 2.05) is 13.8 Å². The van der Waals surface area contributed by atoms with E-state index in [4.69, 9.17) is 4.74 Å². The van der Waals surface area contributed by atoms with Crippen LogP contribution in [0.5, 0.6) is 0 Å². The van der Waals surface area contributed by atoms with E-state index in [0.29, 0.717) is 42.3 Å². The molecule has 0 saturated heterocycles. The van der Waals surface area contributed by atoms with Gasteiger partial charge in [-0.15, -0.1) is 0 Å². The third kappa shape index (κ3) is 5.22. The van der Waals surface area contributed by atoms with Crippen molar-refractivity contribution in [2.45, 2.75) is 63.1 Å². The number of alkyl carbamates (subject to hydrolysis) is 1. The fourth-order valence-electron chi connectivity index (χ4n) is 6.15. The van der Waals surface area contributed by atoms with Crippen LogP contribution in [0.3, 0.4) is 0 Å². The number of amides is 2. The second kappa shape index (κ2) is 9.58. The molecule has 10 nitrogen and oxygen atoms in total. The third-order valence-corrected chi connectivity index (χ3v) is 7.42. The minimum Gasteiger partial charge on any atom is -0.453 e. The van der Waals surface area contributed by atoms with Crippen molar-refractivity contribution < 1.29 is 24.2 Å².